The number of nitrogens with one attached hydrogen (secondary N) is 1. The molecule has 0 fully saturated rings. The van der Waals surface area contributed by atoms with E-state index in [1.165, 1.54) is 12.1 Å². The molecule has 3 aromatic carbocycles. The van der Waals surface area contributed by atoms with E-state index in [-0.39, 0.29) is 21.5 Å². The van der Waals surface area contributed by atoms with Gasteiger partial charge in [0.15, 0.2) is 0 Å². The van der Waals surface area contributed by atoms with Gasteiger partial charge in [-0.15, -0.1) is 0 Å². The van der Waals surface area contributed by atoms with Crippen LogP contribution in [0.4, 0.5) is 5.69 Å². The summed E-state index contributed by atoms with van der Waals surface area (Å²) >= 11 is 21.3. The molecular weight excluding hydrogens is 547 g/mol. The van der Waals surface area contributed by atoms with Gasteiger partial charge in [0.2, 0.25) is 15.9 Å². The molecule has 0 aromatic heterocycles. The highest BCUT2D eigenvalue weighted by molar-refractivity contribution is 9.10. The van der Waals surface area contributed by atoms with Crippen molar-refractivity contribution in [1.29, 1.82) is 0 Å². The fourth-order valence-electron chi connectivity index (χ4n) is 2.73. The van der Waals surface area contributed by atoms with Crippen molar-refractivity contribution in [3.63, 3.8) is 0 Å². The maximum absolute atomic E-state index is 13.3. The average molecular weight is 563 g/mol. The fraction of sp³-hybridized carbons (Fsp3) is 0.0952. The lowest BCUT2D eigenvalue weighted by Crippen LogP contribution is -2.37. The third kappa shape index (κ3) is 6.22. The summed E-state index contributed by atoms with van der Waals surface area (Å²) in [4.78, 5) is 12.8. The molecule has 0 radical (unpaired) electrons. The van der Waals surface area contributed by atoms with Crippen molar-refractivity contribution in [2.24, 2.45) is 0 Å². The van der Waals surface area contributed by atoms with Gasteiger partial charge in [-0.3, -0.25) is 4.79 Å². The van der Waals surface area contributed by atoms with Gasteiger partial charge in [0.05, 0.1) is 27.2 Å². The highest BCUT2D eigenvalue weighted by Crippen LogP contribution is 2.29. The van der Waals surface area contributed by atoms with Crippen molar-refractivity contribution in [1.82, 2.24) is 4.31 Å². The van der Waals surface area contributed by atoms with Crippen LogP contribution in [0.1, 0.15) is 5.56 Å². The second-order valence-electron chi connectivity index (χ2n) is 6.50. The van der Waals surface area contributed by atoms with Crippen LogP contribution in [0.3, 0.4) is 0 Å². The number of halogens is 4. The first-order valence-corrected chi connectivity index (χ1v) is 12.3. The molecule has 0 heterocycles. The minimum atomic E-state index is -3.97. The highest BCUT2D eigenvalue weighted by Gasteiger charge is 2.27. The van der Waals surface area contributed by atoms with Crippen LogP contribution in [-0.2, 0) is 21.4 Å². The van der Waals surface area contributed by atoms with E-state index in [0.29, 0.717) is 16.3 Å². The lowest BCUT2D eigenvalue weighted by atomic mass is 10.2. The van der Waals surface area contributed by atoms with Crippen molar-refractivity contribution in [2.45, 2.75) is 11.4 Å². The van der Waals surface area contributed by atoms with Crippen LogP contribution in [0.15, 0.2) is 76.1 Å². The molecule has 10 heteroatoms. The number of rotatable bonds is 7. The lowest BCUT2D eigenvalue weighted by Gasteiger charge is -2.22. The number of carbonyl (C=O) groups excluding carboxylic acids is 1. The van der Waals surface area contributed by atoms with Crippen molar-refractivity contribution in [3.05, 3.63) is 91.8 Å². The van der Waals surface area contributed by atoms with Gasteiger partial charge >= 0.3 is 0 Å². The summed E-state index contributed by atoms with van der Waals surface area (Å²) in [6.45, 7) is -0.448. The molecule has 3 rings (SSSR count). The second kappa shape index (κ2) is 10.3. The Morgan fingerprint density at radius 3 is 2.23 bits per heavy atom. The Bertz CT molecular complexity index is 1190. The van der Waals surface area contributed by atoms with Crippen molar-refractivity contribution >= 4 is 72.4 Å². The topological polar surface area (TPSA) is 66.5 Å². The van der Waals surface area contributed by atoms with E-state index in [1.807, 2.05) is 0 Å². The number of nitrogens with zero attached hydrogens (tertiary/aromatic N) is 1. The largest absolute Gasteiger partial charge is 0.324 e. The van der Waals surface area contributed by atoms with Gasteiger partial charge < -0.3 is 5.32 Å². The van der Waals surface area contributed by atoms with Crippen molar-refractivity contribution in [3.8, 4) is 0 Å². The molecule has 3 aromatic rings. The van der Waals surface area contributed by atoms with E-state index in [9.17, 15) is 13.2 Å². The molecule has 0 aliphatic carbocycles. The molecule has 162 valence electrons. The number of hydrogen-bond acceptors (Lipinski definition) is 3. The summed E-state index contributed by atoms with van der Waals surface area (Å²) < 4.78 is 28.4. The van der Waals surface area contributed by atoms with Gasteiger partial charge in [0.1, 0.15) is 0 Å². The van der Waals surface area contributed by atoms with Crippen LogP contribution in [0, 0.1) is 0 Å². The summed E-state index contributed by atoms with van der Waals surface area (Å²) in [6.07, 6.45) is 0. The van der Waals surface area contributed by atoms with Crippen LogP contribution < -0.4 is 5.32 Å². The Morgan fingerprint density at radius 2 is 1.58 bits per heavy atom. The molecule has 0 unspecified atom stereocenters. The Kier molecular flexibility index (Phi) is 8.02. The average Bonchev–Trinajstić information content (AvgIpc) is 2.73. The molecule has 0 saturated heterocycles. The minimum absolute atomic E-state index is 0.0216. The zero-order valence-corrected chi connectivity index (χ0v) is 20.5. The van der Waals surface area contributed by atoms with Crippen molar-refractivity contribution < 1.29 is 13.2 Å². The first-order valence-electron chi connectivity index (χ1n) is 8.91. The number of amides is 1. The summed E-state index contributed by atoms with van der Waals surface area (Å²) in [5.41, 5.74) is 0.977. The van der Waals surface area contributed by atoms with E-state index in [1.54, 1.807) is 54.6 Å². The number of sulfonamides is 1. The van der Waals surface area contributed by atoms with Crippen LogP contribution >= 0.6 is 50.7 Å². The number of carbonyl (C=O) groups is 1. The van der Waals surface area contributed by atoms with Gasteiger partial charge in [0.25, 0.3) is 0 Å². The van der Waals surface area contributed by atoms with Gasteiger partial charge in [-0.25, -0.2) is 8.42 Å². The van der Waals surface area contributed by atoms with E-state index in [4.69, 9.17) is 34.8 Å². The third-order valence-corrected chi connectivity index (χ3v) is 7.67. The summed E-state index contributed by atoms with van der Waals surface area (Å²) in [5, 5.41) is 3.60. The maximum atomic E-state index is 13.3. The second-order valence-corrected chi connectivity index (χ2v) is 10.6. The quantitative estimate of drug-likeness (QED) is 0.371. The number of benzene rings is 3. The molecule has 0 aliphatic rings. The zero-order chi connectivity index (χ0) is 22.6. The monoisotopic (exact) mass is 560 g/mol. The Labute approximate surface area is 204 Å². The summed E-state index contributed by atoms with van der Waals surface area (Å²) in [7, 11) is -3.97. The molecule has 0 saturated carbocycles. The number of hydrogen-bond donors (Lipinski definition) is 1. The van der Waals surface area contributed by atoms with Gasteiger partial charge in [-0.2, -0.15) is 4.31 Å². The first-order chi connectivity index (χ1) is 14.7. The van der Waals surface area contributed by atoms with E-state index in [0.717, 1.165) is 8.78 Å². The van der Waals surface area contributed by atoms with Crippen LogP contribution in [0.25, 0.3) is 0 Å². The maximum Gasteiger partial charge on any atom is 0.243 e. The van der Waals surface area contributed by atoms with Gasteiger partial charge in [-0.05, 0) is 54.1 Å². The SMILES string of the molecule is O=C(CN(Cc1ccc(Cl)cc1)S(=O)(=O)c1ccc(Br)cc1)Nc1cccc(Cl)c1Cl. The minimum Gasteiger partial charge on any atom is -0.324 e. The van der Waals surface area contributed by atoms with Gasteiger partial charge in [-0.1, -0.05) is 68.9 Å². The lowest BCUT2D eigenvalue weighted by molar-refractivity contribution is -0.116. The van der Waals surface area contributed by atoms with E-state index < -0.39 is 22.5 Å². The van der Waals surface area contributed by atoms with Gasteiger partial charge in [0, 0.05) is 16.0 Å². The van der Waals surface area contributed by atoms with Crippen LogP contribution in [0.2, 0.25) is 15.1 Å². The molecule has 0 bridgehead atoms. The molecular formula is C21H16BrCl3N2O3S. The molecule has 0 spiro atoms. The summed E-state index contributed by atoms with van der Waals surface area (Å²) in [5.74, 6) is -0.557. The number of anilines is 1. The van der Waals surface area contributed by atoms with E-state index in [2.05, 4.69) is 21.2 Å². The third-order valence-electron chi connectivity index (χ3n) is 4.27. The molecule has 1 amide bonds. The fourth-order valence-corrected chi connectivity index (χ4v) is 4.85. The standard InChI is InChI=1S/C21H16BrCl3N2O3S/c22-15-6-10-17(11-7-15)31(29,30)27(12-14-4-8-16(23)9-5-14)13-20(28)26-19-3-1-2-18(24)21(19)25/h1-11H,12-13H2,(H,26,28). The summed E-state index contributed by atoms with van der Waals surface area (Å²) in [6, 6.07) is 17.7. The highest BCUT2D eigenvalue weighted by atomic mass is 79.9. The molecule has 5 nitrogen and oxygen atoms in total. The molecule has 0 atom stereocenters. The van der Waals surface area contributed by atoms with Crippen LogP contribution in [0.5, 0.6) is 0 Å². The zero-order valence-electron chi connectivity index (χ0n) is 15.9. The Hall–Kier alpha value is -1.61. The van der Waals surface area contributed by atoms with Crippen molar-refractivity contribution in [2.75, 3.05) is 11.9 Å². The molecule has 0 aliphatic heterocycles. The Balaban J connectivity index is 1.89. The van der Waals surface area contributed by atoms with E-state index >= 15 is 0 Å². The molecule has 31 heavy (non-hydrogen) atoms. The Morgan fingerprint density at radius 1 is 0.935 bits per heavy atom. The predicted octanol–water partition coefficient (Wildman–Crippen LogP) is 6.24. The molecule has 1 N–H and O–H groups in total. The smallest absolute Gasteiger partial charge is 0.243 e. The normalized spacial score (nSPS) is 11.5. The first kappa shape index (κ1) is 24.0. The van der Waals surface area contributed by atoms with Crippen LogP contribution in [-0.4, -0.2) is 25.2 Å². The predicted molar refractivity (Wildman–Crippen MR) is 128 cm³/mol.